The van der Waals surface area contributed by atoms with Crippen molar-refractivity contribution < 1.29 is 4.74 Å². The van der Waals surface area contributed by atoms with Crippen LogP contribution in [0.4, 0.5) is 5.82 Å². The molecule has 0 aromatic carbocycles. The van der Waals surface area contributed by atoms with Crippen LogP contribution in [0, 0.1) is 6.92 Å². The summed E-state index contributed by atoms with van der Waals surface area (Å²) in [5, 5.41) is 3.21. The number of ether oxygens (including phenoxy) is 1. The molecule has 4 heteroatoms. The van der Waals surface area contributed by atoms with Gasteiger partial charge in [-0.3, -0.25) is 0 Å². The van der Waals surface area contributed by atoms with Gasteiger partial charge in [0.2, 0.25) is 5.88 Å². The molecule has 1 aromatic heterocycles. The maximum absolute atomic E-state index is 5.74. The molecule has 0 saturated carbocycles. The molecule has 108 valence electrons. The number of hydrogen-bond donors (Lipinski definition) is 1. The van der Waals surface area contributed by atoms with Crippen molar-refractivity contribution in [2.24, 2.45) is 0 Å². The molecule has 0 aliphatic carbocycles. The molecule has 0 fully saturated rings. The number of rotatable bonds is 10. The van der Waals surface area contributed by atoms with E-state index < -0.39 is 0 Å². The second kappa shape index (κ2) is 9.59. The molecular formula is C15H27N3O. The summed E-state index contributed by atoms with van der Waals surface area (Å²) in [5.41, 5.74) is 0.996. The van der Waals surface area contributed by atoms with Gasteiger partial charge in [0.15, 0.2) is 0 Å². The Morgan fingerprint density at radius 2 is 1.79 bits per heavy atom. The van der Waals surface area contributed by atoms with Crippen LogP contribution in [0.5, 0.6) is 5.88 Å². The first-order valence-electron chi connectivity index (χ1n) is 7.47. The average molecular weight is 265 g/mol. The first kappa shape index (κ1) is 15.7. The molecule has 0 amide bonds. The van der Waals surface area contributed by atoms with Crippen molar-refractivity contribution in [1.82, 2.24) is 9.97 Å². The quantitative estimate of drug-likeness (QED) is 0.651. The van der Waals surface area contributed by atoms with E-state index in [1.165, 1.54) is 32.1 Å². The Morgan fingerprint density at radius 1 is 1.05 bits per heavy atom. The molecule has 0 radical (unpaired) electrons. The Bertz CT molecular complexity index is 355. The number of nitrogens with one attached hydrogen (secondary N) is 1. The largest absolute Gasteiger partial charge is 0.477 e. The Labute approximate surface area is 117 Å². The van der Waals surface area contributed by atoms with Gasteiger partial charge < -0.3 is 10.1 Å². The molecule has 0 atom stereocenters. The third-order valence-electron chi connectivity index (χ3n) is 3.12. The van der Waals surface area contributed by atoms with Gasteiger partial charge in [-0.05, 0) is 20.3 Å². The van der Waals surface area contributed by atoms with Gasteiger partial charge >= 0.3 is 0 Å². The molecule has 1 heterocycles. The first-order valence-corrected chi connectivity index (χ1v) is 7.47. The minimum absolute atomic E-state index is 0.708. The van der Waals surface area contributed by atoms with Crippen LogP contribution in [0.15, 0.2) is 6.33 Å². The number of unbranched alkanes of at least 4 members (excludes halogenated alkanes) is 5. The summed E-state index contributed by atoms with van der Waals surface area (Å²) in [6, 6.07) is 0. The molecule has 4 nitrogen and oxygen atoms in total. The second-order valence-corrected chi connectivity index (χ2v) is 4.80. The fourth-order valence-electron chi connectivity index (χ4n) is 1.98. The normalized spacial score (nSPS) is 10.5. The van der Waals surface area contributed by atoms with Crippen LogP contribution < -0.4 is 10.1 Å². The topological polar surface area (TPSA) is 47.0 Å². The monoisotopic (exact) mass is 265 g/mol. The zero-order valence-corrected chi connectivity index (χ0v) is 12.5. The summed E-state index contributed by atoms with van der Waals surface area (Å²) in [7, 11) is 0. The Morgan fingerprint density at radius 3 is 2.53 bits per heavy atom. The minimum atomic E-state index is 0.708. The standard InChI is InChI=1S/C15H27N3O/c1-4-6-7-8-9-10-11-19-15-13(3)14(16-5-2)17-12-18-15/h12H,4-11H2,1-3H3,(H,16,17,18). The van der Waals surface area contributed by atoms with Gasteiger partial charge in [-0.15, -0.1) is 0 Å². The van der Waals surface area contributed by atoms with Gasteiger partial charge in [-0.25, -0.2) is 9.97 Å². The third-order valence-corrected chi connectivity index (χ3v) is 3.12. The summed E-state index contributed by atoms with van der Waals surface area (Å²) in [6.07, 6.45) is 9.19. The molecule has 1 N–H and O–H groups in total. The van der Waals surface area contributed by atoms with E-state index in [9.17, 15) is 0 Å². The first-order chi connectivity index (χ1) is 9.29. The predicted molar refractivity (Wildman–Crippen MR) is 79.8 cm³/mol. The van der Waals surface area contributed by atoms with E-state index in [0.717, 1.165) is 31.0 Å². The molecule has 0 saturated heterocycles. The van der Waals surface area contributed by atoms with Crippen molar-refractivity contribution >= 4 is 5.82 Å². The van der Waals surface area contributed by atoms with Gasteiger partial charge in [-0.1, -0.05) is 39.0 Å². The van der Waals surface area contributed by atoms with Crippen molar-refractivity contribution in [1.29, 1.82) is 0 Å². The van der Waals surface area contributed by atoms with Crippen LogP contribution in [0.3, 0.4) is 0 Å². The van der Waals surface area contributed by atoms with Crippen LogP contribution in [-0.4, -0.2) is 23.1 Å². The van der Waals surface area contributed by atoms with Crippen LogP contribution in [0.2, 0.25) is 0 Å². The SMILES string of the molecule is CCCCCCCCOc1ncnc(NCC)c1C. The predicted octanol–water partition coefficient (Wildman–Crippen LogP) is 3.96. The molecule has 0 unspecified atom stereocenters. The highest BCUT2D eigenvalue weighted by molar-refractivity contribution is 5.47. The van der Waals surface area contributed by atoms with Gasteiger partial charge in [0, 0.05) is 6.54 Å². The summed E-state index contributed by atoms with van der Waals surface area (Å²) >= 11 is 0. The molecule has 1 aromatic rings. The number of hydrogen-bond acceptors (Lipinski definition) is 4. The summed E-state index contributed by atoms with van der Waals surface area (Å²) in [5.74, 6) is 1.58. The molecule has 1 rings (SSSR count). The van der Waals surface area contributed by atoms with Crippen LogP contribution in [0.1, 0.15) is 57.9 Å². The van der Waals surface area contributed by atoms with E-state index >= 15 is 0 Å². The Balaban J connectivity index is 2.27. The maximum Gasteiger partial charge on any atom is 0.221 e. The molecule has 0 spiro atoms. The fourth-order valence-corrected chi connectivity index (χ4v) is 1.98. The Hall–Kier alpha value is -1.32. The molecular weight excluding hydrogens is 238 g/mol. The molecule has 0 aliphatic heterocycles. The number of anilines is 1. The van der Waals surface area contributed by atoms with Crippen LogP contribution in [-0.2, 0) is 0 Å². The second-order valence-electron chi connectivity index (χ2n) is 4.80. The zero-order chi connectivity index (χ0) is 13.9. The van der Waals surface area contributed by atoms with Crippen molar-refractivity contribution in [2.75, 3.05) is 18.5 Å². The lowest BCUT2D eigenvalue weighted by molar-refractivity contribution is 0.291. The average Bonchev–Trinajstić information content (AvgIpc) is 2.42. The molecule has 0 aliphatic rings. The van der Waals surface area contributed by atoms with Crippen molar-refractivity contribution in [3.05, 3.63) is 11.9 Å². The number of aromatic nitrogens is 2. The minimum Gasteiger partial charge on any atom is -0.477 e. The van der Waals surface area contributed by atoms with E-state index in [1.807, 2.05) is 6.92 Å². The molecule has 19 heavy (non-hydrogen) atoms. The van der Waals surface area contributed by atoms with Crippen LogP contribution >= 0.6 is 0 Å². The van der Waals surface area contributed by atoms with Crippen molar-refractivity contribution in [3.63, 3.8) is 0 Å². The highest BCUT2D eigenvalue weighted by Gasteiger charge is 2.06. The van der Waals surface area contributed by atoms with E-state index in [4.69, 9.17) is 4.74 Å². The zero-order valence-electron chi connectivity index (χ0n) is 12.5. The van der Waals surface area contributed by atoms with E-state index in [0.29, 0.717) is 5.88 Å². The fraction of sp³-hybridized carbons (Fsp3) is 0.733. The highest BCUT2D eigenvalue weighted by atomic mass is 16.5. The Kier molecular flexibility index (Phi) is 7.94. The van der Waals surface area contributed by atoms with Gasteiger partial charge in [-0.2, -0.15) is 0 Å². The maximum atomic E-state index is 5.74. The lowest BCUT2D eigenvalue weighted by Crippen LogP contribution is -2.06. The smallest absolute Gasteiger partial charge is 0.221 e. The third kappa shape index (κ3) is 5.90. The lowest BCUT2D eigenvalue weighted by atomic mass is 10.1. The van der Waals surface area contributed by atoms with E-state index in [1.54, 1.807) is 6.33 Å². The van der Waals surface area contributed by atoms with Gasteiger partial charge in [0.25, 0.3) is 0 Å². The number of nitrogens with zero attached hydrogens (tertiary/aromatic N) is 2. The van der Waals surface area contributed by atoms with Gasteiger partial charge in [0.05, 0.1) is 12.2 Å². The van der Waals surface area contributed by atoms with Gasteiger partial charge in [0.1, 0.15) is 12.1 Å². The van der Waals surface area contributed by atoms with E-state index in [2.05, 4.69) is 29.1 Å². The summed E-state index contributed by atoms with van der Waals surface area (Å²) < 4.78 is 5.74. The van der Waals surface area contributed by atoms with Crippen molar-refractivity contribution in [3.8, 4) is 5.88 Å². The highest BCUT2D eigenvalue weighted by Crippen LogP contribution is 2.20. The molecule has 0 bridgehead atoms. The lowest BCUT2D eigenvalue weighted by Gasteiger charge is -2.11. The summed E-state index contributed by atoms with van der Waals surface area (Å²) in [6.45, 7) is 7.89. The van der Waals surface area contributed by atoms with Crippen molar-refractivity contribution in [2.45, 2.75) is 59.3 Å². The summed E-state index contributed by atoms with van der Waals surface area (Å²) in [4.78, 5) is 8.40. The van der Waals surface area contributed by atoms with Crippen LogP contribution in [0.25, 0.3) is 0 Å². The van der Waals surface area contributed by atoms with E-state index in [-0.39, 0.29) is 0 Å².